The molecule has 2 nitrogen and oxygen atoms in total. The Balaban J connectivity index is 2.26. The number of rotatable bonds is 6. The highest BCUT2D eigenvalue weighted by Gasteiger charge is 2.13. The van der Waals surface area contributed by atoms with Crippen molar-refractivity contribution < 1.29 is 9.47 Å². The molecule has 0 aromatic carbocycles. The van der Waals surface area contributed by atoms with Gasteiger partial charge in [0, 0.05) is 13.0 Å². The standard InChI is InChI=1S/C18H36O2/c1-3-17(15-19-2)16-20-18-13-11-9-7-5-4-6-8-10-12-14-18/h17-18H,3-16H2,1-2H3. The van der Waals surface area contributed by atoms with Crippen molar-refractivity contribution in [2.24, 2.45) is 5.92 Å². The van der Waals surface area contributed by atoms with Gasteiger partial charge in [-0.25, -0.2) is 0 Å². The molecule has 0 aliphatic heterocycles. The van der Waals surface area contributed by atoms with Crippen LogP contribution in [0, 0.1) is 5.92 Å². The Morgan fingerprint density at radius 2 is 1.30 bits per heavy atom. The number of hydrogen-bond acceptors (Lipinski definition) is 2. The minimum absolute atomic E-state index is 0.500. The maximum atomic E-state index is 6.21. The Hall–Kier alpha value is -0.0800. The Kier molecular flexibility index (Phi) is 11.4. The van der Waals surface area contributed by atoms with E-state index in [-0.39, 0.29) is 0 Å². The van der Waals surface area contributed by atoms with Crippen LogP contribution in [0.25, 0.3) is 0 Å². The van der Waals surface area contributed by atoms with Crippen LogP contribution >= 0.6 is 0 Å². The Morgan fingerprint density at radius 3 is 1.75 bits per heavy atom. The average Bonchev–Trinajstić information content (AvgIpc) is 2.45. The Bertz CT molecular complexity index is 194. The lowest BCUT2D eigenvalue weighted by Crippen LogP contribution is -2.21. The summed E-state index contributed by atoms with van der Waals surface area (Å²) in [4.78, 5) is 0. The van der Waals surface area contributed by atoms with Crippen LogP contribution in [-0.2, 0) is 9.47 Å². The molecule has 0 amide bonds. The highest BCUT2D eigenvalue weighted by atomic mass is 16.5. The van der Waals surface area contributed by atoms with Gasteiger partial charge in [-0.05, 0) is 19.3 Å². The predicted molar refractivity (Wildman–Crippen MR) is 86.2 cm³/mol. The van der Waals surface area contributed by atoms with Gasteiger partial charge in [0.2, 0.25) is 0 Å². The fraction of sp³-hybridized carbons (Fsp3) is 1.00. The molecule has 0 radical (unpaired) electrons. The zero-order valence-corrected chi connectivity index (χ0v) is 13.9. The number of methoxy groups -OCH3 is 1. The predicted octanol–water partition coefficient (Wildman–Crippen LogP) is 5.35. The van der Waals surface area contributed by atoms with Crippen LogP contribution in [0.2, 0.25) is 0 Å². The lowest BCUT2D eigenvalue weighted by Gasteiger charge is -2.22. The van der Waals surface area contributed by atoms with Crippen molar-refractivity contribution in [3.63, 3.8) is 0 Å². The molecular formula is C18H36O2. The maximum Gasteiger partial charge on any atom is 0.0575 e. The SMILES string of the molecule is CCC(COC)COC1CCCCCCCCCCC1. The van der Waals surface area contributed by atoms with Gasteiger partial charge in [-0.3, -0.25) is 0 Å². The van der Waals surface area contributed by atoms with E-state index < -0.39 is 0 Å². The minimum Gasteiger partial charge on any atom is -0.384 e. The maximum absolute atomic E-state index is 6.21. The van der Waals surface area contributed by atoms with E-state index in [0.29, 0.717) is 12.0 Å². The van der Waals surface area contributed by atoms with E-state index in [2.05, 4.69) is 6.92 Å². The van der Waals surface area contributed by atoms with Crippen molar-refractivity contribution in [2.45, 2.75) is 90.1 Å². The second kappa shape index (κ2) is 12.6. The van der Waals surface area contributed by atoms with Gasteiger partial charge >= 0.3 is 0 Å². The van der Waals surface area contributed by atoms with Gasteiger partial charge in [0.25, 0.3) is 0 Å². The van der Waals surface area contributed by atoms with Crippen LogP contribution in [0.1, 0.15) is 84.0 Å². The van der Waals surface area contributed by atoms with Gasteiger partial charge in [-0.2, -0.15) is 0 Å². The van der Waals surface area contributed by atoms with Crippen LogP contribution in [0.15, 0.2) is 0 Å². The molecule has 1 aliphatic rings. The van der Waals surface area contributed by atoms with Crippen molar-refractivity contribution >= 4 is 0 Å². The smallest absolute Gasteiger partial charge is 0.0575 e. The van der Waals surface area contributed by atoms with Crippen molar-refractivity contribution in [1.82, 2.24) is 0 Å². The molecule has 1 aliphatic carbocycles. The van der Waals surface area contributed by atoms with Crippen molar-refractivity contribution in [2.75, 3.05) is 20.3 Å². The van der Waals surface area contributed by atoms with Crippen LogP contribution in [-0.4, -0.2) is 26.4 Å². The molecule has 1 fully saturated rings. The molecular weight excluding hydrogens is 248 g/mol. The third-order valence-electron chi connectivity index (χ3n) is 4.60. The Morgan fingerprint density at radius 1 is 0.800 bits per heavy atom. The summed E-state index contributed by atoms with van der Waals surface area (Å²) in [6.45, 7) is 3.95. The fourth-order valence-electron chi connectivity index (χ4n) is 3.08. The van der Waals surface area contributed by atoms with Gasteiger partial charge < -0.3 is 9.47 Å². The van der Waals surface area contributed by atoms with Gasteiger partial charge in [0.05, 0.1) is 19.3 Å². The molecule has 0 bridgehead atoms. The largest absolute Gasteiger partial charge is 0.384 e. The number of ether oxygens (including phenoxy) is 2. The second-order valence-corrected chi connectivity index (χ2v) is 6.44. The molecule has 1 atom stereocenters. The van der Waals surface area contributed by atoms with Crippen molar-refractivity contribution in [3.8, 4) is 0 Å². The zero-order chi connectivity index (χ0) is 14.5. The molecule has 1 rings (SSSR count). The van der Waals surface area contributed by atoms with Crippen LogP contribution in [0.3, 0.4) is 0 Å². The van der Waals surface area contributed by atoms with E-state index in [9.17, 15) is 0 Å². The summed E-state index contributed by atoms with van der Waals surface area (Å²) in [5.74, 6) is 0.571. The van der Waals surface area contributed by atoms with Gasteiger partial charge in [-0.15, -0.1) is 0 Å². The summed E-state index contributed by atoms with van der Waals surface area (Å²) >= 11 is 0. The topological polar surface area (TPSA) is 18.5 Å². The molecule has 0 heterocycles. The molecule has 0 N–H and O–H groups in total. The highest BCUT2D eigenvalue weighted by Crippen LogP contribution is 2.19. The third kappa shape index (κ3) is 8.97. The molecule has 2 heteroatoms. The summed E-state index contributed by atoms with van der Waals surface area (Å²) in [7, 11) is 1.79. The normalized spacial score (nSPS) is 21.9. The van der Waals surface area contributed by atoms with E-state index in [4.69, 9.17) is 9.47 Å². The first-order valence-electron chi connectivity index (χ1n) is 8.97. The van der Waals surface area contributed by atoms with Crippen LogP contribution in [0.5, 0.6) is 0 Å². The molecule has 0 aromatic rings. The summed E-state index contributed by atoms with van der Waals surface area (Å²) in [5, 5.41) is 0. The quantitative estimate of drug-likeness (QED) is 0.654. The Labute approximate surface area is 126 Å². The van der Waals surface area contributed by atoms with Gasteiger partial charge in [0.1, 0.15) is 0 Å². The minimum atomic E-state index is 0.500. The summed E-state index contributed by atoms with van der Waals surface area (Å²) in [5.41, 5.74) is 0. The van der Waals surface area contributed by atoms with Crippen LogP contribution in [0.4, 0.5) is 0 Å². The monoisotopic (exact) mass is 284 g/mol. The first kappa shape index (κ1) is 18.0. The summed E-state index contributed by atoms with van der Waals surface area (Å²) in [6.07, 6.45) is 16.9. The number of hydrogen-bond donors (Lipinski definition) is 0. The van der Waals surface area contributed by atoms with E-state index in [1.165, 1.54) is 70.6 Å². The fourth-order valence-corrected chi connectivity index (χ4v) is 3.08. The van der Waals surface area contributed by atoms with E-state index in [0.717, 1.165) is 19.6 Å². The van der Waals surface area contributed by atoms with E-state index in [1.54, 1.807) is 7.11 Å². The highest BCUT2D eigenvalue weighted by molar-refractivity contribution is 4.63. The lowest BCUT2D eigenvalue weighted by molar-refractivity contribution is -0.00261. The molecule has 1 saturated carbocycles. The summed E-state index contributed by atoms with van der Waals surface area (Å²) in [6, 6.07) is 0. The molecule has 0 aromatic heterocycles. The van der Waals surface area contributed by atoms with Crippen molar-refractivity contribution in [3.05, 3.63) is 0 Å². The van der Waals surface area contributed by atoms with Crippen LogP contribution < -0.4 is 0 Å². The third-order valence-corrected chi connectivity index (χ3v) is 4.60. The first-order valence-corrected chi connectivity index (χ1v) is 8.97. The summed E-state index contributed by atoms with van der Waals surface area (Å²) < 4.78 is 11.5. The van der Waals surface area contributed by atoms with Gasteiger partial charge in [0.15, 0.2) is 0 Å². The van der Waals surface area contributed by atoms with E-state index in [1.807, 2.05) is 0 Å². The van der Waals surface area contributed by atoms with Gasteiger partial charge in [-0.1, -0.05) is 64.7 Å². The molecule has 1 unspecified atom stereocenters. The zero-order valence-electron chi connectivity index (χ0n) is 13.9. The molecule has 20 heavy (non-hydrogen) atoms. The first-order chi connectivity index (χ1) is 9.86. The average molecular weight is 284 g/mol. The lowest BCUT2D eigenvalue weighted by atomic mass is 9.99. The molecule has 0 spiro atoms. The second-order valence-electron chi connectivity index (χ2n) is 6.44. The molecule has 120 valence electrons. The molecule has 0 saturated heterocycles. The van der Waals surface area contributed by atoms with Crippen molar-refractivity contribution in [1.29, 1.82) is 0 Å². The van der Waals surface area contributed by atoms with E-state index >= 15 is 0 Å².